The van der Waals surface area contributed by atoms with Crippen molar-refractivity contribution in [1.29, 1.82) is 0 Å². The fourth-order valence-electron chi connectivity index (χ4n) is 3.05. The molecule has 1 heterocycles. The Morgan fingerprint density at radius 2 is 1.77 bits per heavy atom. The van der Waals surface area contributed by atoms with E-state index in [-0.39, 0.29) is 11.3 Å². The number of hydrogen-bond acceptors (Lipinski definition) is 7. The summed E-state index contributed by atoms with van der Waals surface area (Å²) in [6.45, 7) is 2.53. The number of benzene rings is 1. The lowest BCUT2D eigenvalue weighted by Crippen LogP contribution is -2.30. The normalized spacial score (nSPS) is 11.8. The van der Waals surface area contributed by atoms with Crippen molar-refractivity contribution >= 4 is 15.8 Å². The summed E-state index contributed by atoms with van der Waals surface area (Å²) >= 11 is 0. The van der Waals surface area contributed by atoms with Crippen LogP contribution in [0.15, 0.2) is 53.6 Å². The van der Waals surface area contributed by atoms with Crippen molar-refractivity contribution < 1.29 is 28.3 Å². The van der Waals surface area contributed by atoms with Gasteiger partial charge in [-0.15, -0.1) is 0 Å². The van der Waals surface area contributed by atoms with Gasteiger partial charge in [0.2, 0.25) is 0 Å². The third-order valence-electron chi connectivity index (χ3n) is 4.69. The molecule has 4 N–H and O–H groups in total. The molecule has 0 saturated carbocycles. The van der Waals surface area contributed by atoms with Crippen LogP contribution in [0.3, 0.4) is 0 Å². The van der Waals surface area contributed by atoms with E-state index < -0.39 is 21.1 Å². The molecule has 0 radical (unpaired) electrons. The summed E-state index contributed by atoms with van der Waals surface area (Å²) in [6.07, 6.45) is 6.86. The van der Waals surface area contributed by atoms with E-state index in [4.69, 9.17) is 9.94 Å². The number of aryl methyl sites for hydroxylation is 1. The number of unbranched alkanes of at least 4 members (excludes halogenated alkanes) is 3. The second-order valence-corrected chi connectivity index (χ2v) is 9.10. The largest absolute Gasteiger partial charge is 0.494 e. The number of sulfone groups is 1. The van der Waals surface area contributed by atoms with Crippen LogP contribution in [0, 0.1) is 0 Å². The molecule has 0 amide bonds. The van der Waals surface area contributed by atoms with Crippen LogP contribution in [-0.4, -0.2) is 41.5 Å². The first-order chi connectivity index (χ1) is 14.9. The van der Waals surface area contributed by atoms with E-state index in [0.29, 0.717) is 18.8 Å². The fraction of sp³-hybridized carbons (Fsp3) is 0.455. The summed E-state index contributed by atoms with van der Waals surface area (Å²) in [5, 5.41) is 14.5. The van der Waals surface area contributed by atoms with Gasteiger partial charge in [-0.05, 0) is 55.7 Å². The Labute approximate surface area is 184 Å². The van der Waals surface area contributed by atoms with E-state index in [1.165, 1.54) is 12.1 Å². The quantitative estimate of drug-likeness (QED) is 0.309. The van der Waals surface area contributed by atoms with Gasteiger partial charge in [0.05, 0.1) is 11.5 Å². The minimum atomic E-state index is -3.93. The monoisotopic (exact) mass is 452 g/mol. The molecule has 2 aromatic rings. The predicted molar refractivity (Wildman–Crippen MR) is 118 cm³/mol. The number of carbonyl (C=O) groups is 1. The zero-order valence-electron chi connectivity index (χ0n) is 17.8. The Bertz CT molecular complexity index is 857. The van der Waals surface area contributed by atoms with E-state index in [1.807, 2.05) is 25.1 Å². The lowest BCUT2D eigenvalue weighted by atomic mass is 10.1. The molecule has 0 aliphatic rings. The summed E-state index contributed by atoms with van der Waals surface area (Å²) in [5.41, 5.74) is 0.996. The molecule has 1 atom stereocenters. The standard InChI is InChI=1S/C22H29NO5S.H3NO/c1-2-3-4-5-11-21(22(24)25)29(26,27)20-14-12-19(13-15-20)28-17-8-10-18-9-6-7-16-23-18;1-2/h6-7,9,12-16,21H,2-5,8,10-11,17H2,1H3,(H,24,25);2H,1H2. The van der Waals surface area contributed by atoms with Gasteiger partial charge >= 0.3 is 5.97 Å². The topological polar surface area (TPSA) is 140 Å². The van der Waals surface area contributed by atoms with Crippen molar-refractivity contribution in [2.75, 3.05) is 6.61 Å². The number of nitrogens with zero attached hydrogens (tertiary/aromatic N) is 1. The maximum absolute atomic E-state index is 12.7. The Hall–Kier alpha value is -2.49. The molecule has 8 nitrogen and oxygen atoms in total. The lowest BCUT2D eigenvalue weighted by Gasteiger charge is -2.14. The average molecular weight is 453 g/mol. The number of aliphatic carboxylic acids is 1. The zero-order chi connectivity index (χ0) is 23.1. The molecule has 31 heavy (non-hydrogen) atoms. The molecule has 1 unspecified atom stereocenters. The molecule has 1 aromatic heterocycles. The molecule has 172 valence electrons. The van der Waals surface area contributed by atoms with Crippen LogP contribution in [-0.2, 0) is 21.1 Å². The van der Waals surface area contributed by atoms with E-state index in [0.717, 1.165) is 37.8 Å². The van der Waals surface area contributed by atoms with E-state index >= 15 is 0 Å². The highest BCUT2D eigenvalue weighted by Gasteiger charge is 2.33. The molecule has 0 spiro atoms. The van der Waals surface area contributed by atoms with Gasteiger partial charge in [0, 0.05) is 11.9 Å². The van der Waals surface area contributed by atoms with Gasteiger partial charge in [0.25, 0.3) is 0 Å². The maximum Gasteiger partial charge on any atom is 0.322 e. The molecule has 2 rings (SSSR count). The van der Waals surface area contributed by atoms with Crippen molar-refractivity contribution in [3.05, 3.63) is 54.4 Å². The molecular formula is C22H32N2O6S. The summed E-state index contributed by atoms with van der Waals surface area (Å²) in [5.74, 6) is 2.76. The van der Waals surface area contributed by atoms with Crippen molar-refractivity contribution in [2.45, 2.75) is 62.0 Å². The molecular weight excluding hydrogens is 420 g/mol. The number of ether oxygens (including phenoxy) is 1. The number of hydrogen-bond donors (Lipinski definition) is 3. The third kappa shape index (κ3) is 9.04. The van der Waals surface area contributed by atoms with E-state index in [1.54, 1.807) is 18.3 Å². The first-order valence-corrected chi connectivity index (χ1v) is 11.8. The predicted octanol–water partition coefficient (Wildman–Crippen LogP) is 3.62. The van der Waals surface area contributed by atoms with E-state index in [9.17, 15) is 18.3 Å². The van der Waals surface area contributed by atoms with E-state index in [2.05, 4.69) is 10.9 Å². The molecule has 9 heteroatoms. The van der Waals surface area contributed by atoms with Gasteiger partial charge in [0.15, 0.2) is 15.1 Å². The molecule has 0 bridgehead atoms. The highest BCUT2D eigenvalue weighted by Crippen LogP contribution is 2.23. The number of rotatable bonds is 13. The SMILES string of the molecule is CCCCCCC(C(=O)O)S(=O)(=O)c1ccc(OCCCc2ccccn2)cc1.NO. The van der Waals surface area contributed by atoms with Gasteiger partial charge in [-0.25, -0.2) is 14.3 Å². The number of aromatic nitrogens is 1. The smallest absolute Gasteiger partial charge is 0.322 e. The van der Waals surface area contributed by atoms with Gasteiger partial charge in [-0.3, -0.25) is 9.78 Å². The first-order valence-electron chi connectivity index (χ1n) is 10.3. The van der Waals surface area contributed by atoms with Crippen molar-refractivity contribution in [2.24, 2.45) is 5.90 Å². The van der Waals surface area contributed by atoms with Crippen LogP contribution in [0.1, 0.15) is 51.1 Å². The minimum absolute atomic E-state index is 0.0150. The fourth-order valence-corrected chi connectivity index (χ4v) is 4.63. The second-order valence-electron chi connectivity index (χ2n) is 6.97. The van der Waals surface area contributed by atoms with Gasteiger partial charge in [-0.1, -0.05) is 38.7 Å². The Morgan fingerprint density at radius 3 is 2.35 bits per heavy atom. The van der Waals surface area contributed by atoms with Crippen molar-refractivity contribution in [3.8, 4) is 5.75 Å². The Kier molecular flexibility index (Phi) is 12.4. The van der Waals surface area contributed by atoms with Crippen LogP contribution >= 0.6 is 0 Å². The van der Waals surface area contributed by atoms with Crippen LogP contribution < -0.4 is 10.6 Å². The molecule has 0 saturated heterocycles. The molecule has 1 aromatic carbocycles. The highest BCUT2D eigenvalue weighted by atomic mass is 32.2. The number of pyridine rings is 1. The third-order valence-corrected chi connectivity index (χ3v) is 6.81. The number of carboxylic acid groups (broad SMARTS) is 1. The molecule has 0 fully saturated rings. The second kappa shape index (κ2) is 14.5. The zero-order valence-corrected chi connectivity index (χ0v) is 18.6. The lowest BCUT2D eigenvalue weighted by molar-refractivity contribution is -0.136. The number of carboxylic acids is 1. The van der Waals surface area contributed by atoms with Crippen LogP contribution in [0.4, 0.5) is 0 Å². The Balaban J connectivity index is 0.00000233. The van der Waals surface area contributed by atoms with Gasteiger partial charge in [0.1, 0.15) is 5.75 Å². The maximum atomic E-state index is 12.7. The van der Waals surface area contributed by atoms with Crippen LogP contribution in [0.25, 0.3) is 0 Å². The van der Waals surface area contributed by atoms with Gasteiger partial charge in [-0.2, -0.15) is 0 Å². The average Bonchev–Trinajstić information content (AvgIpc) is 2.78. The molecule has 0 aliphatic carbocycles. The van der Waals surface area contributed by atoms with Crippen LogP contribution in [0.5, 0.6) is 5.75 Å². The summed E-state index contributed by atoms with van der Waals surface area (Å²) < 4.78 is 31.1. The number of nitrogens with two attached hydrogens (primary N) is 1. The summed E-state index contributed by atoms with van der Waals surface area (Å²) in [4.78, 5) is 15.8. The summed E-state index contributed by atoms with van der Waals surface area (Å²) in [7, 11) is -3.93. The van der Waals surface area contributed by atoms with Crippen molar-refractivity contribution in [3.63, 3.8) is 0 Å². The first kappa shape index (κ1) is 26.5. The van der Waals surface area contributed by atoms with Crippen molar-refractivity contribution in [1.82, 2.24) is 4.98 Å². The molecule has 0 aliphatic heterocycles. The Morgan fingerprint density at radius 1 is 1.06 bits per heavy atom. The van der Waals surface area contributed by atoms with Crippen LogP contribution in [0.2, 0.25) is 0 Å². The summed E-state index contributed by atoms with van der Waals surface area (Å²) in [6, 6.07) is 11.8. The highest BCUT2D eigenvalue weighted by molar-refractivity contribution is 7.92. The minimum Gasteiger partial charge on any atom is -0.494 e. The van der Waals surface area contributed by atoms with Gasteiger partial charge < -0.3 is 15.1 Å².